The normalized spacial score (nSPS) is 30.9. The first kappa shape index (κ1) is 16.2. The van der Waals surface area contributed by atoms with Crippen molar-refractivity contribution in [2.24, 2.45) is 0 Å². The Morgan fingerprint density at radius 1 is 1.43 bits per heavy atom. The molecule has 2 fully saturated rings. The average Bonchev–Trinajstić information content (AvgIpc) is 2.88. The van der Waals surface area contributed by atoms with E-state index in [0.717, 1.165) is 19.3 Å². The highest BCUT2D eigenvalue weighted by molar-refractivity contribution is 5.73. The Morgan fingerprint density at radius 2 is 2.24 bits per heavy atom. The molecule has 0 spiro atoms. The fourth-order valence-corrected chi connectivity index (χ4v) is 2.91. The van der Waals surface area contributed by atoms with E-state index in [-0.39, 0.29) is 30.4 Å². The van der Waals surface area contributed by atoms with E-state index >= 15 is 0 Å². The number of ether oxygens (including phenoxy) is 3. The summed E-state index contributed by atoms with van der Waals surface area (Å²) in [6, 6.07) is -0.0105. The van der Waals surface area contributed by atoms with Crippen LogP contribution in [0.5, 0.6) is 0 Å². The lowest BCUT2D eigenvalue weighted by Gasteiger charge is -2.39. The summed E-state index contributed by atoms with van der Waals surface area (Å²) in [6.45, 7) is 10.7. The third kappa shape index (κ3) is 3.93. The minimum Gasteiger partial charge on any atom is -0.373 e. The Balaban J connectivity index is 1.97. The predicted molar refractivity (Wildman–Crippen MR) is 79.8 cm³/mol. The molecule has 21 heavy (non-hydrogen) atoms. The Kier molecular flexibility index (Phi) is 5.96. The molecule has 0 aromatic heterocycles. The molecule has 5 nitrogen and oxygen atoms in total. The van der Waals surface area contributed by atoms with Crippen LogP contribution in [0.15, 0.2) is 25.3 Å². The van der Waals surface area contributed by atoms with E-state index in [1.54, 1.807) is 17.9 Å². The summed E-state index contributed by atoms with van der Waals surface area (Å²) in [5, 5.41) is 0. The predicted octanol–water partition coefficient (Wildman–Crippen LogP) is 1.89. The summed E-state index contributed by atoms with van der Waals surface area (Å²) in [5.41, 5.74) is 0. The molecule has 0 aliphatic carbocycles. The summed E-state index contributed by atoms with van der Waals surface area (Å²) in [6.07, 6.45) is 5.75. The van der Waals surface area contributed by atoms with E-state index in [4.69, 9.17) is 14.2 Å². The van der Waals surface area contributed by atoms with Gasteiger partial charge in [0, 0.05) is 26.5 Å². The lowest BCUT2D eigenvalue weighted by Crippen LogP contribution is -2.53. The van der Waals surface area contributed by atoms with Crippen molar-refractivity contribution in [3.8, 4) is 0 Å². The van der Waals surface area contributed by atoms with E-state index in [1.807, 2.05) is 6.08 Å². The third-order valence-corrected chi connectivity index (χ3v) is 3.96. The van der Waals surface area contributed by atoms with E-state index in [2.05, 4.69) is 13.2 Å². The molecule has 2 bridgehead atoms. The zero-order valence-corrected chi connectivity index (χ0v) is 12.7. The molecule has 4 atom stereocenters. The first-order valence-corrected chi connectivity index (χ1v) is 7.55. The molecule has 2 rings (SSSR count). The number of carbonyl (C=O) groups is 1. The molecule has 2 aliphatic heterocycles. The van der Waals surface area contributed by atoms with E-state index in [9.17, 15) is 4.79 Å². The van der Waals surface area contributed by atoms with Crippen molar-refractivity contribution >= 4 is 5.91 Å². The van der Waals surface area contributed by atoms with Crippen molar-refractivity contribution in [3.63, 3.8) is 0 Å². The third-order valence-electron chi connectivity index (χ3n) is 3.96. The number of rotatable bonds is 8. The van der Waals surface area contributed by atoms with Crippen molar-refractivity contribution in [2.45, 2.75) is 50.7 Å². The summed E-state index contributed by atoms with van der Waals surface area (Å²) in [7, 11) is 0. The second-order valence-corrected chi connectivity index (χ2v) is 5.48. The van der Waals surface area contributed by atoms with Crippen LogP contribution in [-0.2, 0) is 19.0 Å². The molecule has 0 aromatic carbocycles. The van der Waals surface area contributed by atoms with Gasteiger partial charge in [0.1, 0.15) is 12.2 Å². The molecule has 2 heterocycles. The molecule has 0 N–H and O–H groups in total. The van der Waals surface area contributed by atoms with Gasteiger partial charge in [0.25, 0.3) is 0 Å². The number of allylic oxidation sites excluding steroid dienone is 1. The highest BCUT2D eigenvalue weighted by Crippen LogP contribution is 2.32. The maximum atomic E-state index is 11.8. The summed E-state index contributed by atoms with van der Waals surface area (Å²) < 4.78 is 17.4. The van der Waals surface area contributed by atoms with Crippen LogP contribution in [0.25, 0.3) is 0 Å². The van der Waals surface area contributed by atoms with E-state index in [1.165, 1.54) is 0 Å². The van der Waals surface area contributed by atoms with Gasteiger partial charge in [-0.25, -0.2) is 0 Å². The largest absolute Gasteiger partial charge is 0.373 e. The second-order valence-electron chi connectivity index (χ2n) is 5.48. The number of fused-ring (bicyclic) bond motifs is 2. The van der Waals surface area contributed by atoms with Crippen molar-refractivity contribution in [1.82, 2.24) is 4.90 Å². The molecule has 0 saturated carbocycles. The maximum Gasteiger partial charge on any atom is 0.220 e. The second kappa shape index (κ2) is 7.73. The molecule has 0 radical (unpaired) electrons. The van der Waals surface area contributed by atoms with Crippen molar-refractivity contribution in [2.75, 3.05) is 19.8 Å². The lowest BCUT2D eigenvalue weighted by atomic mass is 9.99. The van der Waals surface area contributed by atoms with Gasteiger partial charge in [0.2, 0.25) is 5.91 Å². The quantitative estimate of drug-likeness (QED) is 0.507. The zero-order chi connectivity index (χ0) is 15.2. The number of unbranched alkanes of at least 4 members (excludes halogenated alkanes) is 1. The topological polar surface area (TPSA) is 48.0 Å². The van der Waals surface area contributed by atoms with Crippen LogP contribution in [0.2, 0.25) is 0 Å². The summed E-state index contributed by atoms with van der Waals surface area (Å²) in [5.74, 6) is 0.0271. The molecule has 0 aromatic rings. The highest BCUT2D eigenvalue weighted by Gasteiger charge is 2.47. The van der Waals surface area contributed by atoms with Crippen LogP contribution < -0.4 is 0 Å². The molecule has 2 aliphatic rings. The first-order chi connectivity index (χ1) is 10.2. The zero-order valence-electron chi connectivity index (χ0n) is 12.7. The van der Waals surface area contributed by atoms with Crippen molar-refractivity contribution in [3.05, 3.63) is 25.3 Å². The average molecular weight is 295 g/mol. The molecule has 118 valence electrons. The van der Waals surface area contributed by atoms with Gasteiger partial charge in [-0.1, -0.05) is 12.2 Å². The van der Waals surface area contributed by atoms with Gasteiger partial charge in [-0.3, -0.25) is 4.79 Å². The highest BCUT2D eigenvalue weighted by atomic mass is 16.7. The number of amides is 1. The molecule has 4 unspecified atom stereocenters. The first-order valence-electron chi connectivity index (χ1n) is 7.55. The monoisotopic (exact) mass is 295 g/mol. The molecular formula is C16H25NO4. The van der Waals surface area contributed by atoms with Gasteiger partial charge in [0.15, 0.2) is 6.29 Å². The maximum absolute atomic E-state index is 11.8. The van der Waals surface area contributed by atoms with Gasteiger partial charge in [-0.2, -0.15) is 0 Å². The van der Waals surface area contributed by atoms with Gasteiger partial charge in [-0.15, -0.1) is 13.2 Å². The molecule has 1 amide bonds. The SMILES string of the molecule is C=CCCCOC1CC(N(CC=C)C(C)=O)C2COC1O2. The van der Waals surface area contributed by atoms with Crippen LogP contribution in [0.3, 0.4) is 0 Å². The molecular weight excluding hydrogens is 270 g/mol. The van der Waals surface area contributed by atoms with E-state index in [0.29, 0.717) is 19.8 Å². The number of nitrogens with zero attached hydrogens (tertiary/aromatic N) is 1. The molecule has 2 saturated heterocycles. The van der Waals surface area contributed by atoms with Crippen LogP contribution in [0.1, 0.15) is 26.2 Å². The van der Waals surface area contributed by atoms with Gasteiger partial charge < -0.3 is 19.1 Å². The van der Waals surface area contributed by atoms with Gasteiger partial charge >= 0.3 is 0 Å². The molecule has 5 heteroatoms. The standard InChI is InChI=1S/C16H25NO4/c1-4-6-7-9-19-14-10-13(15-11-20-16(14)21-15)17(8-5-2)12(3)18/h4-5,13-16H,1-2,6-11H2,3H3. The number of hydrogen-bond acceptors (Lipinski definition) is 4. The number of carbonyl (C=O) groups excluding carboxylic acids is 1. The van der Waals surface area contributed by atoms with E-state index < -0.39 is 0 Å². The summed E-state index contributed by atoms with van der Waals surface area (Å²) in [4.78, 5) is 13.6. The minimum atomic E-state index is -0.299. The van der Waals surface area contributed by atoms with Crippen LogP contribution in [0.4, 0.5) is 0 Å². The van der Waals surface area contributed by atoms with Gasteiger partial charge in [-0.05, 0) is 12.8 Å². The van der Waals surface area contributed by atoms with Crippen molar-refractivity contribution < 1.29 is 19.0 Å². The van der Waals surface area contributed by atoms with Crippen LogP contribution in [0, 0.1) is 0 Å². The minimum absolute atomic E-state index is 0.0105. The number of hydrogen-bond donors (Lipinski definition) is 0. The fraction of sp³-hybridized carbons (Fsp3) is 0.688. The van der Waals surface area contributed by atoms with Crippen molar-refractivity contribution in [1.29, 1.82) is 0 Å². The smallest absolute Gasteiger partial charge is 0.220 e. The van der Waals surface area contributed by atoms with Crippen LogP contribution in [-0.4, -0.2) is 55.1 Å². The lowest BCUT2D eigenvalue weighted by molar-refractivity contribution is -0.191. The Morgan fingerprint density at radius 3 is 2.90 bits per heavy atom. The Labute approximate surface area is 126 Å². The van der Waals surface area contributed by atoms with Gasteiger partial charge in [0.05, 0.1) is 12.6 Å². The Bertz CT molecular complexity index is 384. The summed E-state index contributed by atoms with van der Waals surface area (Å²) >= 11 is 0. The fourth-order valence-electron chi connectivity index (χ4n) is 2.91. The van der Waals surface area contributed by atoms with Crippen LogP contribution >= 0.6 is 0 Å². The Hall–Kier alpha value is -1.17.